The molecule has 0 radical (unpaired) electrons. The number of carbonyl (C=O) groups excluding carboxylic acids is 1. The van der Waals surface area contributed by atoms with E-state index in [1.807, 2.05) is 27.8 Å². The van der Waals surface area contributed by atoms with Crippen LogP contribution in [0.3, 0.4) is 0 Å². The lowest BCUT2D eigenvalue weighted by Gasteiger charge is -2.29. The number of likely N-dealkylation sites (tertiary alicyclic amines) is 1. The first-order chi connectivity index (χ1) is 13.6. The molecule has 2 rings (SSSR count). The third-order valence-electron chi connectivity index (χ3n) is 5.79. The van der Waals surface area contributed by atoms with Crippen molar-refractivity contribution in [2.75, 3.05) is 40.3 Å². The smallest absolute Gasteiger partial charge is 0.407 e. The minimum absolute atomic E-state index is 0.0624. The number of nitrogens with one attached hydrogen (secondary N) is 2. The largest absolute Gasteiger partial charge is 0.444 e. The van der Waals surface area contributed by atoms with Crippen molar-refractivity contribution in [1.29, 1.82) is 0 Å². The molecule has 7 nitrogen and oxygen atoms in total. The second kappa shape index (κ2) is 10.5. The summed E-state index contributed by atoms with van der Waals surface area (Å²) in [6.07, 6.45) is 4.55. The Balaban J connectivity index is 1.74. The quantitative estimate of drug-likeness (QED) is 0.476. The highest BCUT2D eigenvalue weighted by Gasteiger charge is 2.34. The molecule has 1 saturated heterocycles. The van der Waals surface area contributed by atoms with Crippen LogP contribution in [0.4, 0.5) is 4.79 Å². The third kappa shape index (κ3) is 8.41. The Bertz CT molecular complexity index is 554. The molecule has 1 aliphatic heterocycles. The third-order valence-corrected chi connectivity index (χ3v) is 5.79. The molecule has 0 aromatic carbocycles. The van der Waals surface area contributed by atoms with Crippen LogP contribution in [0, 0.1) is 11.8 Å². The van der Waals surface area contributed by atoms with Crippen molar-refractivity contribution in [3.8, 4) is 0 Å². The molecule has 2 fully saturated rings. The average Bonchev–Trinajstić information content (AvgIpc) is 3.36. The number of amides is 1. The van der Waals surface area contributed by atoms with Crippen molar-refractivity contribution >= 4 is 12.1 Å². The van der Waals surface area contributed by atoms with Crippen LogP contribution in [0.15, 0.2) is 4.99 Å². The summed E-state index contributed by atoms with van der Waals surface area (Å²) < 4.78 is 5.42. The Hall–Kier alpha value is -1.50. The SMILES string of the molecule is CN=C(NCC1CCN(C2CC2)C1)N(C)CCC(NC(=O)OC(C)(C)C)C(C)C. The van der Waals surface area contributed by atoms with Gasteiger partial charge in [0.25, 0.3) is 0 Å². The maximum absolute atomic E-state index is 12.1. The standard InChI is InChI=1S/C22H43N5O2/c1-16(2)19(25-21(28)29-22(3,4)5)11-12-26(7)20(23-6)24-14-17-10-13-27(15-17)18-8-9-18/h16-19H,8-15H2,1-7H3,(H,23,24)(H,25,28). The molecule has 1 heterocycles. The summed E-state index contributed by atoms with van der Waals surface area (Å²) in [5.74, 6) is 1.96. The predicted molar refractivity (Wildman–Crippen MR) is 119 cm³/mol. The molecule has 0 aromatic rings. The maximum atomic E-state index is 12.1. The zero-order chi connectivity index (χ0) is 21.6. The molecule has 29 heavy (non-hydrogen) atoms. The first kappa shape index (κ1) is 23.8. The van der Waals surface area contributed by atoms with Crippen LogP contribution in [0.2, 0.25) is 0 Å². The molecule has 2 atom stereocenters. The fourth-order valence-electron chi connectivity index (χ4n) is 3.89. The van der Waals surface area contributed by atoms with E-state index in [1.54, 1.807) is 0 Å². The van der Waals surface area contributed by atoms with Gasteiger partial charge < -0.3 is 25.2 Å². The molecule has 168 valence electrons. The van der Waals surface area contributed by atoms with Crippen LogP contribution in [0.5, 0.6) is 0 Å². The fourth-order valence-corrected chi connectivity index (χ4v) is 3.89. The van der Waals surface area contributed by atoms with Gasteiger partial charge in [-0.25, -0.2) is 4.79 Å². The molecule has 2 N–H and O–H groups in total. The number of guanidine groups is 1. The second-order valence-electron chi connectivity index (χ2n) is 10.0. The normalized spacial score (nSPS) is 21.9. The topological polar surface area (TPSA) is 69.2 Å². The molecular weight excluding hydrogens is 366 g/mol. The van der Waals surface area contributed by atoms with Crippen molar-refractivity contribution in [2.24, 2.45) is 16.8 Å². The van der Waals surface area contributed by atoms with Gasteiger partial charge in [0.05, 0.1) is 0 Å². The number of aliphatic imine (C=N–C) groups is 1. The number of hydrogen-bond donors (Lipinski definition) is 2. The summed E-state index contributed by atoms with van der Waals surface area (Å²) in [6, 6.07) is 0.930. The van der Waals surface area contributed by atoms with Gasteiger partial charge in [0.1, 0.15) is 5.60 Å². The molecule has 0 spiro atoms. The van der Waals surface area contributed by atoms with Gasteiger partial charge in [-0.05, 0) is 64.8 Å². The van der Waals surface area contributed by atoms with Gasteiger partial charge in [-0.2, -0.15) is 0 Å². The van der Waals surface area contributed by atoms with Crippen molar-refractivity contribution in [1.82, 2.24) is 20.4 Å². The first-order valence-electron chi connectivity index (χ1n) is 11.2. The van der Waals surface area contributed by atoms with Crippen molar-refractivity contribution in [3.63, 3.8) is 0 Å². The van der Waals surface area contributed by atoms with E-state index in [-0.39, 0.29) is 12.1 Å². The van der Waals surface area contributed by atoms with Crippen molar-refractivity contribution in [3.05, 3.63) is 0 Å². The summed E-state index contributed by atoms with van der Waals surface area (Å²) in [5, 5.41) is 6.58. The number of alkyl carbamates (subject to hydrolysis) is 1. The zero-order valence-electron chi connectivity index (χ0n) is 19.6. The van der Waals surface area contributed by atoms with Crippen LogP contribution >= 0.6 is 0 Å². The number of nitrogens with zero attached hydrogens (tertiary/aromatic N) is 3. The summed E-state index contributed by atoms with van der Waals surface area (Å²) in [7, 11) is 3.90. The summed E-state index contributed by atoms with van der Waals surface area (Å²) in [5.41, 5.74) is -0.482. The van der Waals surface area contributed by atoms with Gasteiger partial charge in [0, 0.05) is 45.8 Å². The molecule has 0 bridgehead atoms. The lowest BCUT2D eigenvalue weighted by Crippen LogP contribution is -2.46. The Morgan fingerprint density at radius 1 is 1.28 bits per heavy atom. The number of hydrogen-bond acceptors (Lipinski definition) is 4. The minimum Gasteiger partial charge on any atom is -0.444 e. The Morgan fingerprint density at radius 3 is 2.52 bits per heavy atom. The summed E-state index contributed by atoms with van der Waals surface area (Å²) in [4.78, 5) is 21.4. The Morgan fingerprint density at radius 2 is 1.97 bits per heavy atom. The van der Waals surface area contributed by atoms with Crippen molar-refractivity contribution in [2.45, 2.75) is 78.0 Å². The first-order valence-corrected chi connectivity index (χ1v) is 11.2. The van der Waals surface area contributed by atoms with E-state index in [1.165, 1.54) is 32.4 Å². The molecular formula is C22H43N5O2. The van der Waals surface area contributed by atoms with Crippen LogP contribution in [-0.4, -0.2) is 79.8 Å². The number of rotatable bonds is 8. The monoisotopic (exact) mass is 409 g/mol. The highest BCUT2D eigenvalue weighted by atomic mass is 16.6. The maximum Gasteiger partial charge on any atom is 0.407 e. The second-order valence-corrected chi connectivity index (χ2v) is 10.0. The lowest BCUT2D eigenvalue weighted by atomic mass is 10.0. The summed E-state index contributed by atoms with van der Waals surface area (Å²) in [6.45, 7) is 14.2. The van der Waals surface area contributed by atoms with Crippen molar-refractivity contribution < 1.29 is 9.53 Å². The average molecular weight is 410 g/mol. The zero-order valence-corrected chi connectivity index (χ0v) is 19.6. The summed E-state index contributed by atoms with van der Waals surface area (Å²) >= 11 is 0. The van der Waals surface area contributed by atoms with Crippen LogP contribution in [-0.2, 0) is 4.74 Å². The van der Waals surface area contributed by atoms with Gasteiger partial charge in [0.2, 0.25) is 0 Å². The minimum atomic E-state index is -0.482. The molecule has 1 aliphatic carbocycles. The van der Waals surface area contributed by atoms with Gasteiger partial charge in [0.15, 0.2) is 5.96 Å². The van der Waals surface area contributed by atoms with Crippen LogP contribution < -0.4 is 10.6 Å². The Labute approximate surface area is 177 Å². The van der Waals surface area contributed by atoms with Gasteiger partial charge in [-0.15, -0.1) is 0 Å². The van der Waals surface area contributed by atoms with E-state index in [4.69, 9.17) is 4.74 Å². The van der Waals surface area contributed by atoms with E-state index < -0.39 is 5.60 Å². The van der Waals surface area contributed by atoms with Crippen LogP contribution in [0.1, 0.15) is 60.3 Å². The van der Waals surface area contributed by atoms with Gasteiger partial charge in [-0.3, -0.25) is 4.99 Å². The highest BCUT2D eigenvalue weighted by Crippen LogP contribution is 2.31. The van der Waals surface area contributed by atoms with Crippen LogP contribution in [0.25, 0.3) is 0 Å². The molecule has 0 aromatic heterocycles. The molecule has 1 amide bonds. The number of carbonyl (C=O) groups is 1. The van der Waals surface area contributed by atoms with Gasteiger partial charge >= 0.3 is 6.09 Å². The van der Waals surface area contributed by atoms with E-state index in [0.717, 1.165) is 31.5 Å². The van der Waals surface area contributed by atoms with E-state index >= 15 is 0 Å². The molecule has 7 heteroatoms. The molecule has 1 saturated carbocycles. The van der Waals surface area contributed by atoms with E-state index in [2.05, 4.69) is 46.3 Å². The molecule has 2 unspecified atom stereocenters. The lowest BCUT2D eigenvalue weighted by molar-refractivity contribution is 0.0486. The van der Waals surface area contributed by atoms with E-state index in [0.29, 0.717) is 11.8 Å². The number of ether oxygens (including phenoxy) is 1. The fraction of sp³-hybridized carbons (Fsp3) is 0.909. The Kier molecular flexibility index (Phi) is 8.61. The van der Waals surface area contributed by atoms with E-state index in [9.17, 15) is 4.79 Å². The molecule has 2 aliphatic rings. The highest BCUT2D eigenvalue weighted by molar-refractivity contribution is 5.79. The van der Waals surface area contributed by atoms with Gasteiger partial charge in [-0.1, -0.05) is 13.8 Å². The predicted octanol–water partition coefficient (Wildman–Crippen LogP) is 2.92.